The fourth-order valence-corrected chi connectivity index (χ4v) is 1.30. The summed E-state index contributed by atoms with van der Waals surface area (Å²) in [5.74, 6) is -0.295. The Morgan fingerprint density at radius 1 is 1.19 bits per heavy atom. The number of halogens is 1. The molecule has 1 N–H and O–H groups in total. The molecule has 1 heterocycles. The number of carbonyl (C=O) groups excluding carboxylic acids is 1. The summed E-state index contributed by atoms with van der Waals surface area (Å²) >= 11 is 0. The third kappa shape index (κ3) is 2.23. The van der Waals surface area contributed by atoms with Crippen LogP contribution >= 0.6 is 0 Å². The quantitative estimate of drug-likeness (QED) is 0.802. The third-order valence-corrected chi connectivity index (χ3v) is 2.10. The van der Waals surface area contributed by atoms with Crippen molar-refractivity contribution in [2.75, 3.05) is 5.32 Å². The Labute approximate surface area is 92.0 Å². The summed E-state index contributed by atoms with van der Waals surface area (Å²) in [6.45, 7) is 0. The van der Waals surface area contributed by atoms with Crippen LogP contribution in [0.3, 0.4) is 0 Å². The van der Waals surface area contributed by atoms with Gasteiger partial charge in [0.15, 0.2) is 6.29 Å². The summed E-state index contributed by atoms with van der Waals surface area (Å²) in [6.07, 6.45) is 3.77. The molecule has 1 aromatic heterocycles. The predicted octanol–water partition coefficient (Wildman–Crippen LogP) is 2.78. The Bertz CT molecular complexity index is 497. The SMILES string of the molecule is O=Cc1cnccc1Nc1ccc(F)cc1. The molecule has 2 aromatic rings. The van der Waals surface area contributed by atoms with E-state index in [1.54, 1.807) is 24.4 Å². The summed E-state index contributed by atoms with van der Waals surface area (Å²) in [7, 11) is 0. The number of benzene rings is 1. The Morgan fingerprint density at radius 2 is 1.94 bits per heavy atom. The van der Waals surface area contributed by atoms with Crippen LogP contribution in [0.5, 0.6) is 0 Å². The van der Waals surface area contributed by atoms with Gasteiger partial charge in [-0.05, 0) is 30.3 Å². The largest absolute Gasteiger partial charge is 0.355 e. The molecule has 0 unspecified atom stereocenters. The van der Waals surface area contributed by atoms with Crippen molar-refractivity contribution >= 4 is 17.7 Å². The lowest BCUT2D eigenvalue weighted by Gasteiger charge is -2.07. The van der Waals surface area contributed by atoms with Crippen molar-refractivity contribution in [1.29, 1.82) is 0 Å². The number of carbonyl (C=O) groups is 1. The van der Waals surface area contributed by atoms with Gasteiger partial charge in [-0.2, -0.15) is 0 Å². The normalized spacial score (nSPS) is 9.81. The topological polar surface area (TPSA) is 42.0 Å². The number of hydrogen-bond acceptors (Lipinski definition) is 3. The average Bonchev–Trinajstić information content (AvgIpc) is 2.33. The summed E-state index contributed by atoms with van der Waals surface area (Å²) in [5, 5.41) is 3.01. The number of pyridine rings is 1. The molecule has 80 valence electrons. The minimum atomic E-state index is -0.295. The maximum atomic E-state index is 12.7. The Kier molecular flexibility index (Phi) is 2.91. The van der Waals surface area contributed by atoms with Gasteiger partial charge in [0.1, 0.15) is 5.82 Å². The van der Waals surface area contributed by atoms with Crippen molar-refractivity contribution in [3.05, 3.63) is 54.1 Å². The minimum Gasteiger partial charge on any atom is -0.355 e. The molecule has 0 aliphatic heterocycles. The fourth-order valence-electron chi connectivity index (χ4n) is 1.30. The van der Waals surface area contributed by atoms with Gasteiger partial charge in [0.25, 0.3) is 0 Å². The highest BCUT2D eigenvalue weighted by atomic mass is 19.1. The van der Waals surface area contributed by atoms with Gasteiger partial charge in [0, 0.05) is 18.1 Å². The van der Waals surface area contributed by atoms with Crippen LogP contribution in [0.1, 0.15) is 10.4 Å². The van der Waals surface area contributed by atoms with Crippen LogP contribution in [0.4, 0.5) is 15.8 Å². The van der Waals surface area contributed by atoms with Gasteiger partial charge >= 0.3 is 0 Å². The molecule has 0 radical (unpaired) electrons. The summed E-state index contributed by atoms with van der Waals surface area (Å²) in [4.78, 5) is 14.6. The van der Waals surface area contributed by atoms with E-state index in [-0.39, 0.29) is 5.82 Å². The number of aldehydes is 1. The lowest BCUT2D eigenvalue weighted by atomic mass is 10.2. The predicted molar refractivity (Wildman–Crippen MR) is 59.3 cm³/mol. The number of rotatable bonds is 3. The van der Waals surface area contributed by atoms with Crippen molar-refractivity contribution in [2.24, 2.45) is 0 Å². The molecule has 0 atom stereocenters. The van der Waals surface area contributed by atoms with Crippen LogP contribution in [0, 0.1) is 5.82 Å². The Balaban J connectivity index is 2.26. The first-order valence-corrected chi connectivity index (χ1v) is 4.71. The summed E-state index contributed by atoms with van der Waals surface area (Å²) in [6, 6.07) is 7.59. The van der Waals surface area contributed by atoms with E-state index in [0.29, 0.717) is 11.3 Å². The number of nitrogens with one attached hydrogen (secondary N) is 1. The first kappa shape index (κ1) is 10.3. The first-order valence-electron chi connectivity index (χ1n) is 4.71. The second kappa shape index (κ2) is 4.53. The third-order valence-electron chi connectivity index (χ3n) is 2.10. The molecule has 0 bridgehead atoms. The number of aromatic nitrogens is 1. The van der Waals surface area contributed by atoms with Crippen LogP contribution in [0.2, 0.25) is 0 Å². The fraction of sp³-hybridized carbons (Fsp3) is 0. The zero-order valence-corrected chi connectivity index (χ0v) is 8.35. The van der Waals surface area contributed by atoms with Crippen LogP contribution < -0.4 is 5.32 Å². The van der Waals surface area contributed by atoms with E-state index in [2.05, 4.69) is 10.3 Å². The van der Waals surface area contributed by atoms with Gasteiger partial charge in [0.2, 0.25) is 0 Å². The van der Waals surface area contributed by atoms with Crippen LogP contribution in [-0.2, 0) is 0 Å². The van der Waals surface area contributed by atoms with Gasteiger partial charge in [-0.25, -0.2) is 4.39 Å². The van der Waals surface area contributed by atoms with Crippen molar-refractivity contribution in [3.63, 3.8) is 0 Å². The second-order valence-electron chi connectivity index (χ2n) is 3.21. The highest BCUT2D eigenvalue weighted by molar-refractivity contribution is 5.85. The van der Waals surface area contributed by atoms with Crippen molar-refractivity contribution in [2.45, 2.75) is 0 Å². The maximum Gasteiger partial charge on any atom is 0.153 e. The molecule has 0 fully saturated rings. The van der Waals surface area contributed by atoms with Crippen LogP contribution in [-0.4, -0.2) is 11.3 Å². The summed E-state index contributed by atoms with van der Waals surface area (Å²) < 4.78 is 12.7. The Hall–Kier alpha value is -2.23. The maximum absolute atomic E-state index is 12.7. The van der Waals surface area contributed by atoms with Gasteiger partial charge in [-0.15, -0.1) is 0 Å². The first-order chi connectivity index (χ1) is 7.79. The molecule has 1 aromatic carbocycles. The van der Waals surface area contributed by atoms with Crippen molar-refractivity contribution in [3.8, 4) is 0 Å². The molecule has 0 aliphatic rings. The van der Waals surface area contributed by atoms with Gasteiger partial charge in [0.05, 0.1) is 11.3 Å². The second-order valence-corrected chi connectivity index (χ2v) is 3.21. The smallest absolute Gasteiger partial charge is 0.153 e. The molecule has 3 nitrogen and oxygen atoms in total. The van der Waals surface area contributed by atoms with Gasteiger partial charge < -0.3 is 5.32 Å². The van der Waals surface area contributed by atoms with E-state index in [0.717, 1.165) is 12.0 Å². The molecule has 2 rings (SSSR count). The van der Waals surface area contributed by atoms with E-state index >= 15 is 0 Å². The van der Waals surface area contributed by atoms with Crippen molar-refractivity contribution in [1.82, 2.24) is 4.98 Å². The molecule has 4 heteroatoms. The van der Waals surface area contributed by atoms with E-state index in [9.17, 15) is 9.18 Å². The van der Waals surface area contributed by atoms with Crippen LogP contribution in [0.25, 0.3) is 0 Å². The summed E-state index contributed by atoms with van der Waals surface area (Å²) in [5.41, 5.74) is 1.83. The van der Waals surface area contributed by atoms with E-state index in [1.165, 1.54) is 18.3 Å². The van der Waals surface area contributed by atoms with E-state index in [4.69, 9.17) is 0 Å². The van der Waals surface area contributed by atoms with Gasteiger partial charge in [-0.1, -0.05) is 0 Å². The standard InChI is InChI=1S/C12H9FN2O/c13-10-1-3-11(4-2-10)15-12-5-6-14-7-9(12)8-16/h1-8H,(H,14,15). The number of hydrogen-bond donors (Lipinski definition) is 1. The molecule has 16 heavy (non-hydrogen) atoms. The molecule has 0 aliphatic carbocycles. The number of anilines is 2. The van der Waals surface area contributed by atoms with Crippen molar-refractivity contribution < 1.29 is 9.18 Å². The molecule has 0 saturated carbocycles. The molecular formula is C12H9FN2O. The lowest BCUT2D eigenvalue weighted by Crippen LogP contribution is -1.95. The monoisotopic (exact) mass is 216 g/mol. The van der Waals surface area contributed by atoms with Gasteiger partial charge in [-0.3, -0.25) is 9.78 Å². The lowest BCUT2D eigenvalue weighted by molar-refractivity contribution is 0.112. The van der Waals surface area contributed by atoms with E-state index < -0.39 is 0 Å². The zero-order chi connectivity index (χ0) is 11.4. The molecular weight excluding hydrogens is 207 g/mol. The highest BCUT2D eigenvalue weighted by Crippen LogP contribution is 2.18. The molecule has 0 spiro atoms. The zero-order valence-electron chi connectivity index (χ0n) is 8.35. The highest BCUT2D eigenvalue weighted by Gasteiger charge is 2.01. The Morgan fingerprint density at radius 3 is 2.62 bits per heavy atom. The average molecular weight is 216 g/mol. The van der Waals surface area contributed by atoms with E-state index in [1.807, 2.05) is 0 Å². The number of nitrogens with zero attached hydrogens (tertiary/aromatic N) is 1. The molecule has 0 saturated heterocycles. The van der Waals surface area contributed by atoms with Crippen LogP contribution in [0.15, 0.2) is 42.7 Å². The molecule has 0 amide bonds. The minimum absolute atomic E-state index is 0.295.